The quantitative estimate of drug-likeness (QED) is 0.219. The van der Waals surface area contributed by atoms with Gasteiger partial charge in [0.2, 0.25) is 0 Å². The molecule has 150 valence electrons. The Bertz CT molecular complexity index is 442. The largest absolute Gasteiger partial charge is 0.481 e. The fourth-order valence-corrected chi connectivity index (χ4v) is 3.93. The van der Waals surface area contributed by atoms with Gasteiger partial charge in [0.1, 0.15) is 4.33 Å². The van der Waals surface area contributed by atoms with Crippen LogP contribution in [0, 0.1) is 5.92 Å². The smallest absolute Gasteiger partial charge is 0.308 e. The van der Waals surface area contributed by atoms with Crippen molar-refractivity contribution in [1.29, 1.82) is 0 Å². The summed E-state index contributed by atoms with van der Waals surface area (Å²) in [6.07, 6.45) is 2.14. The Labute approximate surface area is 173 Å². The fourth-order valence-electron chi connectivity index (χ4n) is 2.04. The summed E-state index contributed by atoms with van der Waals surface area (Å²) in [5, 5.41) is 9.42. The standard InChI is InChI=1S/C17H32Cl4O3Si/c1-12(14(22)23)13(24-25(6,7)15(2,3)4)10-8-9-11-17(20,21)16(5,18)19/h12-13H,8-11H2,1-7H3,(H,22,23)/t12-,13-/m1/s1. The van der Waals surface area contributed by atoms with Gasteiger partial charge in [0.05, 0.1) is 12.0 Å². The highest BCUT2D eigenvalue weighted by Gasteiger charge is 2.43. The lowest BCUT2D eigenvalue weighted by Crippen LogP contribution is -2.46. The zero-order valence-electron chi connectivity index (χ0n) is 16.3. The van der Waals surface area contributed by atoms with Gasteiger partial charge in [-0.25, -0.2) is 0 Å². The van der Waals surface area contributed by atoms with Crippen molar-refractivity contribution >= 4 is 60.7 Å². The van der Waals surface area contributed by atoms with E-state index in [1.165, 1.54) is 0 Å². The summed E-state index contributed by atoms with van der Waals surface area (Å²) < 4.78 is 3.87. The van der Waals surface area contributed by atoms with Crippen molar-refractivity contribution < 1.29 is 14.3 Å². The van der Waals surface area contributed by atoms with Gasteiger partial charge in [0.15, 0.2) is 12.7 Å². The maximum atomic E-state index is 11.5. The molecule has 0 aromatic carbocycles. The summed E-state index contributed by atoms with van der Waals surface area (Å²) in [7, 11) is -2.06. The van der Waals surface area contributed by atoms with Gasteiger partial charge in [0.25, 0.3) is 0 Å². The van der Waals surface area contributed by atoms with Crippen LogP contribution in [0.3, 0.4) is 0 Å². The molecule has 0 saturated heterocycles. The van der Waals surface area contributed by atoms with E-state index in [9.17, 15) is 9.90 Å². The molecule has 0 fully saturated rings. The van der Waals surface area contributed by atoms with Crippen LogP contribution in [-0.4, -0.2) is 34.2 Å². The number of halogens is 4. The third kappa shape index (κ3) is 8.14. The van der Waals surface area contributed by atoms with E-state index in [1.54, 1.807) is 13.8 Å². The van der Waals surface area contributed by atoms with Gasteiger partial charge in [-0.2, -0.15) is 0 Å². The Hall–Kier alpha value is 0.807. The van der Waals surface area contributed by atoms with Crippen LogP contribution in [0.15, 0.2) is 0 Å². The number of carboxylic acid groups (broad SMARTS) is 1. The molecule has 0 heterocycles. The van der Waals surface area contributed by atoms with Gasteiger partial charge in [-0.1, -0.05) is 80.0 Å². The molecule has 0 aromatic heterocycles. The molecule has 0 rings (SSSR count). The predicted molar refractivity (Wildman–Crippen MR) is 112 cm³/mol. The Morgan fingerprint density at radius 3 is 1.92 bits per heavy atom. The first-order valence-corrected chi connectivity index (χ1v) is 13.0. The van der Waals surface area contributed by atoms with Crippen LogP contribution < -0.4 is 0 Å². The van der Waals surface area contributed by atoms with Crippen LogP contribution in [0.5, 0.6) is 0 Å². The number of hydrogen-bond acceptors (Lipinski definition) is 2. The van der Waals surface area contributed by atoms with Crippen molar-refractivity contribution in [2.45, 2.75) is 93.2 Å². The second-order valence-corrected chi connectivity index (χ2v) is 16.3. The zero-order chi connectivity index (χ0) is 20.3. The number of hydrogen-bond donors (Lipinski definition) is 1. The number of carboxylic acids is 1. The van der Waals surface area contributed by atoms with Crippen LogP contribution >= 0.6 is 46.4 Å². The summed E-state index contributed by atoms with van der Waals surface area (Å²) in [5.41, 5.74) is 0. The summed E-state index contributed by atoms with van der Waals surface area (Å²) >= 11 is 24.4. The van der Waals surface area contributed by atoms with Gasteiger partial charge in [0, 0.05) is 0 Å². The first-order valence-electron chi connectivity index (χ1n) is 8.58. The summed E-state index contributed by atoms with van der Waals surface area (Å²) in [5.74, 6) is -1.42. The third-order valence-corrected chi connectivity index (χ3v) is 11.7. The maximum Gasteiger partial charge on any atom is 0.308 e. The first kappa shape index (κ1) is 25.8. The molecule has 8 heteroatoms. The normalized spacial score (nSPS) is 16.6. The lowest BCUT2D eigenvalue weighted by atomic mass is 9.98. The minimum absolute atomic E-state index is 0.0178. The van der Waals surface area contributed by atoms with E-state index in [0.717, 1.165) is 6.42 Å². The van der Waals surface area contributed by atoms with E-state index in [-0.39, 0.29) is 11.1 Å². The van der Waals surface area contributed by atoms with E-state index in [2.05, 4.69) is 33.9 Å². The first-order chi connectivity index (χ1) is 10.9. The molecule has 25 heavy (non-hydrogen) atoms. The Kier molecular flexibility index (Phi) is 9.64. The predicted octanol–water partition coefficient (Wildman–Crippen LogP) is 7.03. The van der Waals surface area contributed by atoms with E-state index in [0.29, 0.717) is 19.3 Å². The molecular formula is C17H32Cl4O3Si. The van der Waals surface area contributed by atoms with Crippen molar-refractivity contribution in [2.24, 2.45) is 5.92 Å². The molecule has 0 aliphatic rings. The highest BCUT2D eigenvalue weighted by atomic mass is 35.5. The highest BCUT2D eigenvalue weighted by molar-refractivity contribution is 6.74. The molecule has 0 saturated carbocycles. The molecule has 0 bridgehead atoms. The van der Waals surface area contributed by atoms with E-state index < -0.39 is 28.9 Å². The van der Waals surface area contributed by atoms with Crippen molar-refractivity contribution in [2.75, 3.05) is 0 Å². The van der Waals surface area contributed by atoms with Crippen LogP contribution in [0.1, 0.15) is 60.3 Å². The van der Waals surface area contributed by atoms with Gasteiger partial charge in [-0.3, -0.25) is 4.79 Å². The molecule has 0 spiro atoms. The molecule has 0 aliphatic heterocycles. The second kappa shape index (κ2) is 9.34. The molecule has 1 N–H and O–H groups in total. The topological polar surface area (TPSA) is 46.5 Å². The molecule has 0 aliphatic carbocycles. The average Bonchev–Trinajstić information content (AvgIpc) is 2.38. The van der Waals surface area contributed by atoms with Crippen molar-refractivity contribution in [1.82, 2.24) is 0 Å². The lowest BCUT2D eigenvalue weighted by Gasteiger charge is -2.40. The molecule has 2 atom stereocenters. The molecule has 0 radical (unpaired) electrons. The SMILES string of the molecule is C[C@@H](C(=O)O)[C@@H](CCCCC(Cl)(Cl)C(C)(Cl)Cl)O[Si](C)(C)C(C)(C)C. The van der Waals surface area contributed by atoms with Crippen molar-refractivity contribution in [3.05, 3.63) is 0 Å². The van der Waals surface area contributed by atoms with Gasteiger partial charge in [-0.05, 0) is 44.8 Å². The number of unbranched alkanes of at least 4 members (excludes halogenated alkanes) is 1. The lowest BCUT2D eigenvalue weighted by molar-refractivity contribution is -0.144. The van der Waals surface area contributed by atoms with E-state index >= 15 is 0 Å². The van der Waals surface area contributed by atoms with Crippen LogP contribution in [0.25, 0.3) is 0 Å². The molecular weight excluding hydrogens is 422 g/mol. The Morgan fingerprint density at radius 2 is 1.56 bits per heavy atom. The van der Waals surface area contributed by atoms with Gasteiger partial charge >= 0.3 is 5.97 Å². The van der Waals surface area contributed by atoms with Gasteiger partial charge < -0.3 is 9.53 Å². The minimum atomic E-state index is -2.06. The van der Waals surface area contributed by atoms with Crippen LogP contribution in [0.2, 0.25) is 18.1 Å². The zero-order valence-corrected chi connectivity index (χ0v) is 20.3. The van der Waals surface area contributed by atoms with Crippen molar-refractivity contribution in [3.63, 3.8) is 0 Å². The second-order valence-electron chi connectivity index (χ2n) is 8.38. The van der Waals surface area contributed by atoms with Crippen LogP contribution in [0.4, 0.5) is 0 Å². The van der Waals surface area contributed by atoms with Crippen molar-refractivity contribution in [3.8, 4) is 0 Å². The van der Waals surface area contributed by atoms with E-state index in [4.69, 9.17) is 50.8 Å². The summed E-state index contributed by atoms with van der Waals surface area (Å²) in [4.78, 5) is 11.5. The molecule has 0 unspecified atom stereocenters. The molecule has 3 nitrogen and oxygen atoms in total. The number of aliphatic carboxylic acids is 1. The number of rotatable bonds is 10. The number of alkyl halides is 4. The summed E-state index contributed by atoms with van der Waals surface area (Å²) in [6, 6.07) is 0. The molecule has 0 amide bonds. The monoisotopic (exact) mass is 452 g/mol. The third-order valence-electron chi connectivity index (χ3n) is 5.07. The summed E-state index contributed by atoms with van der Waals surface area (Å²) in [6.45, 7) is 13.9. The van der Waals surface area contributed by atoms with Gasteiger partial charge in [-0.15, -0.1) is 0 Å². The Balaban J connectivity index is 4.87. The average molecular weight is 454 g/mol. The van der Waals surface area contributed by atoms with E-state index in [1.807, 2.05) is 0 Å². The fraction of sp³-hybridized carbons (Fsp3) is 0.941. The Morgan fingerprint density at radius 1 is 1.08 bits per heavy atom. The maximum absolute atomic E-state index is 11.5. The molecule has 0 aromatic rings. The highest BCUT2D eigenvalue weighted by Crippen LogP contribution is 2.46. The number of carbonyl (C=O) groups is 1. The van der Waals surface area contributed by atoms with Crippen LogP contribution in [-0.2, 0) is 9.22 Å². The minimum Gasteiger partial charge on any atom is -0.481 e.